The number of likely N-dealkylation sites (N-methyl/N-ethyl adjacent to an activating group) is 1. The zero-order valence-electron chi connectivity index (χ0n) is 9.14. The van der Waals surface area contributed by atoms with Gasteiger partial charge in [0, 0.05) is 12.2 Å². The molecule has 1 unspecified atom stereocenters. The van der Waals surface area contributed by atoms with E-state index in [-0.39, 0.29) is 18.2 Å². The molecule has 0 aromatic heterocycles. The lowest BCUT2D eigenvalue weighted by Gasteiger charge is -2.13. The minimum atomic E-state index is -0.408. The van der Waals surface area contributed by atoms with Crippen molar-refractivity contribution < 1.29 is 9.59 Å². The maximum absolute atomic E-state index is 11.8. The van der Waals surface area contributed by atoms with E-state index in [4.69, 9.17) is 0 Å². The highest BCUT2D eigenvalue weighted by Crippen LogP contribution is 2.17. The molecule has 1 saturated heterocycles. The first kappa shape index (κ1) is 10.7. The van der Waals surface area contributed by atoms with E-state index in [2.05, 4.69) is 5.32 Å². The van der Waals surface area contributed by atoms with Crippen LogP contribution >= 0.6 is 0 Å². The lowest BCUT2D eigenvalue weighted by Crippen LogP contribution is -2.34. The summed E-state index contributed by atoms with van der Waals surface area (Å²) in [5.74, 6) is -0.225. The largest absolute Gasteiger partial charge is 0.373 e. The lowest BCUT2D eigenvalue weighted by atomic mass is 10.2. The van der Waals surface area contributed by atoms with Crippen LogP contribution in [-0.4, -0.2) is 29.3 Å². The third-order valence-electron chi connectivity index (χ3n) is 2.67. The van der Waals surface area contributed by atoms with Crippen molar-refractivity contribution in [2.45, 2.75) is 19.4 Å². The van der Waals surface area contributed by atoms with Gasteiger partial charge in [0.05, 0.1) is 6.42 Å². The molecule has 2 amide bonds. The van der Waals surface area contributed by atoms with E-state index in [0.29, 0.717) is 6.54 Å². The number of carbonyl (C=O) groups is 2. The topological polar surface area (TPSA) is 49.4 Å². The number of likely N-dealkylation sites (tertiary alicyclic amines) is 1. The van der Waals surface area contributed by atoms with Crippen LogP contribution in [0, 0.1) is 0 Å². The van der Waals surface area contributed by atoms with Gasteiger partial charge in [0.15, 0.2) is 0 Å². The van der Waals surface area contributed by atoms with E-state index in [9.17, 15) is 9.59 Å². The summed E-state index contributed by atoms with van der Waals surface area (Å²) in [5.41, 5.74) is 0.867. The minimum absolute atomic E-state index is 0.0964. The van der Waals surface area contributed by atoms with E-state index in [0.717, 1.165) is 5.69 Å². The molecule has 0 saturated carbocycles. The molecule has 2 rings (SSSR count). The molecule has 0 aliphatic carbocycles. The second-order valence-electron chi connectivity index (χ2n) is 3.74. The summed E-state index contributed by atoms with van der Waals surface area (Å²) in [7, 11) is 0. The van der Waals surface area contributed by atoms with Gasteiger partial charge in [0.25, 0.3) is 5.91 Å². The van der Waals surface area contributed by atoms with Crippen LogP contribution in [0.1, 0.15) is 13.3 Å². The molecule has 1 aromatic carbocycles. The summed E-state index contributed by atoms with van der Waals surface area (Å²) in [4.78, 5) is 24.6. The number of hydrogen-bond donors (Lipinski definition) is 1. The fourth-order valence-electron chi connectivity index (χ4n) is 1.86. The zero-order chi connectivity index (χ0) is 11.5. The summed E-state index contributed by atoms with van der Waals surface area (Å²) in [5, 5.41) is 3.07. The predicted molar refractivity (Wildman–Crippen MR) is 60.9 cm³/mol. The molecule has 0 bridgehead atoms. The van der Waals surface area contributed by atoms with E-state index in [1.54, 1.807) is 6.92 Å². The van der Waals surface area contributed by atoms with Crippen LogP contribution in [0.2, 0.25) is 0 Å². The minimum Gasteiger partial charge on any atom is -0.373 e. The van der Waals surface area contributed by atoms with E-state index in [1.165, 1.54) is 4.90 Å². The van der Waals surface area contributed by atoms with Gasteiger partial charge >= 0.3 is 0 Å². The fourth-order valence-corrected chi connectivity index (χ4v) is 1.86. The van der Waals surface area contributed by atoms with Crippen LogP contribution < -0.4 is 5.32 Å². The Kier molecular flexibility index (Phi) is 2.90. The average Bonchev–Trinajstić information content (AvgIpc) is 2.55. The normalized spacial score (nSPS) is 20.3. The van der Waals surface area contributed by atoms with Crippen LogP contribution in [-0.2, 0) is 9.59 Å². The third-order valence-corrected chi connectivity index (χ3v) is 2.67. The number of nitrogens with one attached hydrogen (secondary N) is 1. The summed E-state index contributed by atoms with van der Waals surface area (Å²) in [6.07, 6.45) is 0.252. The number of rotatable bonds is 3. The van der Waals surface area contributed by atoms with Crippen LogP contribution in [0.5, 0.6) is 0 Å². The van der Waals surface area contributed by atoms with Gasteiger partial charge in [-0.2, -0.15) is 0 Å². The Morgan fingerprint density at radius 2 is 2.00 bits per heavy atom. The molecule has 0 radical (unpaired) electrons. The fraction of sp³-hybridized carbons (Fsp3) is 0.333. The molecular formula is C12H14N2O2. The lowest BCUT2D eigenvalue weighted by molar-refractivity contribution is -0.138. The van der Waals surface area contributed by atoms with E-state index >= 15 is 0 Å². The first-order chi connectivity index (χ1) is 7.72. The molecule has 16 heavy (non-hydrogen) atoms. The highest BCUT2D eigenvalue weighted by molar-refractivity contribution is 6.06. The van der Waals surface area contributed by atoms with Crippen molar-refractivity contribution in [1.82, 2.24) is 4.90 Å². The van der Waals surface area contributed by atoms with Crippen LogP contribution in [0.4, 0.5) is 5.69 Å². The maximum Gasteiger partial charge on any atom is 0.252 e. The molecular weight excluding hydrogens is 204 g/mol. The van der Waals surface area contributed by atoms with Gasteiger partial charge in [-0.25, -0.2) is 0 Å². The number of carbonyl (C=O) groups excluding carboxylic acids is 2. The highest BCUT2D eigenvalue weighted by Gasteiger charge is 2.37. The van der Waals surface area contributed by atoms with Crippen molar-refractivity contribution in [2.75, 3.05) is 11.9 Å². The summed E-state index contributed by atoms with van der Waals surface area (Å²) in [6, 6.07) is 9.04. The van der Waals surface area contributed by atoms with Crippen LogP contribution in [0.3, 0.4) is 0 Å². The average molecular weight is 218 g/mol. The Balaban J connectivity index is 2.08. The van der Waals surface area contributed by atoms with Gasteiger partial charge in [-0.3, -0.25) is 14.5 Å². The van der Waals surface area contributed by atoms with Crippen molar-refractivity contribution in [2.24, 2.45) is 0 Å². The Bertz CT molecular complexity index is 403. The number of anilines is 1. The molecule has 1 aromatic rings. The van der Waals surface area contributed by atoms with Gasteiger partial charge in [0.1, 0.15) is 6.04 Å². The highest BCUT2D eigenvalue weighted by atomic mass is 16.2. The van der Waals surface area contributed by atoms with Gasteiger partial charge in [-0.15, -0.1) is 0 Å². The van der Waals surface area contributed by atoms with Crippen LogP contribution in [0.15, 0.2) is 30.3 Å². The predicted octanol–water partition coefficient (Wildman–Crippen LogP) is 1.25. The van der Waals surface area contributed by atoms with E-state index < -0.39 is 6.04 Å². The van der Waals surface area contributed by atoms with Crippen molar-refractivity contribution in [3.8, 4) is 0 Å². The van der Waals surface area contributed by atoms with Crippen LogP contribution in [0.25, 0.3) is 0 Å². The number of hydrogen-bond acceptors (Lipinski definition) is 3. The summed E-state index contributed by atoms with van der Waals surface area (Å²) < 4.78 is 0. The molecule has 84 valence electrons. The first-order valence-electron chi connectivity index (χ1n) is 5.38. The third kappa shape index (κ3) is 1.91. The molecule has 1 fully saturated rings. The van der Waals surface area contributed by atoms with Crippen molar-refractivity contribution in [1.29, 1.82) is 0 Å². The number of imide groups is 1. The first-order valence-corrected chi connectivity index (χ1v) is 5.38. The Morgan fingerprint density at radius 1 is 1.31 bits per heavy atom. The smallest absolute Gasteiger partial charge is 0.252 e. The Hall–Kier alpha value is -1.84. The van der Waals surface area contributed by atoms with Gasteiger partial charge in [0.2, 0.25) is 5.91 Å². The summed E-state index contributed by atoms with van der Waals surface area (Å²) >= 11 is 0. The quantitative estimate of drug-likeness (QED) is 0.777. The molecule has 4 nitrogen and oxygen atoms in total. The molecule has 1 N–H and O–H groups in total. The molecule has 1 aliphatic rings. The number of para-hydroxylation sites is 1. The second-order valence-corrected chi connectivity index (χ2v) is 3.74. The standard InChI is InChI=1S/C12H14N2O2/c1-2-14-11(15)8-10(12(14)16)13-9-6-4-3-5-7-9/h3-7,10,13H,2,8H2,1H3. The number of benzene rings is 1. The van der Waals surface area contributed by atoms with Gasteiger partial charge in [-0.05, 0) is 19.1 Å². The van der Waals surface area contributed by atoms with Crippen molar-refractivity contribution in [3.63, 3.8) is 0 Å². The Morgan fingerprint density at radius 3 is 2.56 bits per heavy atom. The molecule has 0 spiro atoms. The Labute approximate surface area is 94.2 Å². The molecule has 4 heteroatoms. The van der Waals surface area contributed by atoms with E-state index in [1.807, 2.05) is 30.3 Å². The SMILES string of the molecule is CCN1C(=O)CC(Nc2ccccc2)C1=O. The summed E-state index contributed by atoms with van der Waals surface area (Å²) in [6.45, 7) is 2.26. The van der Waals surface area contributed by atoms with Gasteiger partial charge in [-0.1, -0.05) is 18.2 Å². The monoisotopic (exact) mass is 218 g/mol. The van der Waals surface area contributed by atoms with Crippen molar-refractivity contribution in [3.05, 3.63) is 30.3 Å². The van der Waals surface area contributed by atoms with Crippen molar-refractivity contribution >= 4 is 17.5 Å². The second kappa shape index (κ2) is 4.35. The molecule has 1 aliphatic heterocycles. The number of nitrogens with zero attached hydrogens (tertiary/aromatic N) is 1. The molecule has 1 atom stereocenters. The molecule has 1 heterocycles. The number of amides is 2. The van der Waals surface area contributed by atoms with Gasteiger partial charge < -0.3 is 5.32 Å². The zero-order valence-corrected chi connectivity index (χ0v) is 9.14. The maximum atomic E-state index is 11.8.